The minimum atomic E-state index is -3.77. The molecule has 0 bridgehead atoms. The summed E-state index contributed by atoms with van der Waals surface area (Å²) in [6.45, 7) is 4.58. The number of anilines is 2. The summed E-state index contributed by atoms with van der Waals surface area (Å²) in [7, 11) is -2.41. The van der Waals surface area contributed by atoms with Gasteiger partial charge in [0.2, 0.25) is 0 Å². The van der Waals surface area contributed by atoms with E-state index in [9.17, 15) is 13.2 Å². The molecule has 0 amide bonds. The van der Waals surface area contributed by atoms with E-state index in [1.165, 1.54) is 7.11 Å². The largest absolute Gasteiger partial charge is 0.465 e. The molecule has 0 saturated carbocycles. The molecule has 2 N–H and O–H groups in total. The predicted octanol–water partition coefficient (Wildman–Crippen LogP) is 5.53. The van der Waals surface area contributed by atoms with Crippen molar-refractivity contribution < 1.29 is 22.7 Å². The van der Waals surface area contributed by atoms with Crippen LogP contribution in [0.2, 0.25) is 0 Å². The van der Waals surface area contributed by atoms with Crippen LogP contribution in [-0.4, -0.2) is 28.1 Å². The summed E-state index contributed by atoms with van der Waals surface area (Å²) in [6, 6.07) is 18.1. The van der Waals surface area contributed by atoms with Crippen molar-refractivity contribution in [2.75, 3.05) is 23.8 Å². The second-order valence-electron chi connectivity index (χ2n) is 9.49. The summed E-state index contributed by atoms with van der Waals surface area (Å²) in [6.07, 6.45) is 1.65. The molecular formula is C28H30N2O5S. The fourth-order valence-electron chi connectivity index (χ4n) is 5.11. The maximum absolute atomic E-state index is 13.2. The molecule has 2 aliphatic rings. The summed E-state index contributed by atoms with van der Waals surface area (Å²) in [5.41, 5.74) is 5.91. The molecule has 8 heteroatoms. The highest BCUT2D eigenvalue weighted by Crippen LogP contribution is 2.49. The van der Waals surface area contributed by atoms with Crippen molar-refractivity contribution in [1.29, 1.82) is 0 Å². The van der Waals surface area contributed by atoms with E-state index in [2.05, 4.69) is 10.0 Å². The molecule has 0 aromatic heterocycles. The molecule has 188 valence electrons. The zero-order chi connectivity index (χ0) is 25.4. The molecule has 2 aliphatic heterocycles. The average molecular weight is 507 g/mol. The topological polar surface area (TPSA) is 93.7 Å². The number of nitrogens with one attached hydrogen (secondary N) is 2. The lowest BCUT2D eigenvalue weighted by molar-refractivity contribution is -0.0382. The molecule has 3 aromatic rings. The Kier molecular flexibility index (Phi) is 6.49. The van der Waals surface area contributed by atoms with E-state index in [0.29, 0.717) is 17.9 Å². The van der Waals surface area contributed by atoms with Gasteiger partial charge in [0.15, 0.2) is 0 Å². The smallest absolute Gasteiger partial charge is 0.337 e. The summed E-state index contributed by atoms with van der Waals surface area (Å²) < 4.78 is 40.2. The fraction of sp³-hybridized carbons (Fsp3) is 0.321. The van der Waals surface area contributed by atoms with Crippen LogP contribution >= 0.6 is 0 Å². The molecule has 1 unspecified atom stereocenters. The van der Waals surface area contributed by atoms with Crippen molar-refractivity contribution in [1.82, 2.24) is 0 Å². The van der Waals surface area contributed by atoms with Gasteiger partial charge in [-0.05, 0) is 85.8 Å². The second-order valence-corrected chi connectivity index (χ2v) is 11.2. The molecule has 0 spiro atoms. The molecular weight excluding hydrogens is 476 g/mol. The molecule has 5 rings (SSSR count). The number of rotatable bonds is 5. The van der Waals surface area contributed by atoms with Crippen LogP contribution in [0.5, 0.6) is 0 Å². The molecule has 3 aromatic carbocycles. The minimum absolute atomic E-state index is 0.0226. The van der Waals surface area contributed by atoms with E-state index >= 15 is 0 Å². The average Bonchev–Trinajstić information content (AvgIpc) is 2.89. The molecule has 0 radical (unpaired) electrons. The number of fused-ring (bicyclic) bond motifs is 3. The maximum atomic E-state index is 13.2. The van der Waals surface area contributed by atoms with Crippen LogP contribution in [0.25, 0.3) is 0 Å². The first kappa shape index (κ1) is 24.3. The molecule has 36 heavy (non-hydrogen) atoms. The lowest BCUT2D eigenvalue weighted by atomic mass is 9.77. The summed E-state index contributed by atoms with van der Waals surface area (Å²) in [5.74, 6) is -0.244. The van der Waals surface area contributed by atoms with E-state index in [0.717, 1.165) is 40.8 Å². The Hall–Kier alpha value is -3.36. The van der Waals surface area contributed by atoms with Gasteiger partial charge < -0.3 is 14.8 Å². The first-order valence-electron chi connectivity index (χ1n) is 12.1. The number of methoxy groups -OCH3 is 1. The van der Waals surface area contributed by atoms with Gasteiger partial charge in [-0.1, -0.05) is 18.2 Å². The highest BCUT2D eigenvalue weighted by atomic mass is 32.2. The number of benzene rings is 3. The van der Waals surface area contributed by atoms with Gasteiger partial charge in [0.1, 0.15) is 0 Å². The summed E-state index contributed by atoms with van der Waals surface area (Å²) in [4.78, 5) is 12.0. The number of carbonyl (C=O) groups excluding carboxylic acids is 1. The SMILES string of the molecule is COC(=O)c1ccc(C2Nc3ccc(S(=O)(=O)Nc4ccc(C)c(C)c4)cc3[C@H]3OCCC[C@@H]23)cc1. The maximum Gasteiger partial charge on any atom is 0.337 e. The van der Waals surface area contributed by atoms with Crippen LogP contribution in [0, 0.1) is 19.8 Å². The summed E-state index contributed by atoms with van der Waals surface area (Å²) in [5, 5.41) is 3.61. The van der Waals surface area contributed by atoms with Gasteiger partial charge >= 0.3 is 5.97 Å². The zero-order valence-corrected chi connectivity index (χ0v) is 21.4. The van der Waals surface area contributed by atoms with E-state index in [1.807, 2.05) is 44.2 Å². The number of ether oxygens (including phenoxy) is 2. The van der Waals surface area contributed by atoms with Crippen molar-refractivity contribution in [3.05, 3.63) is 88.5 Å². The van der Waals surface area contributed by atoms with Crippen LogP contribution in [0.3, 0.4) is 0 Å². The van der Waals surface area contributed by atoms with Crippen LogP contribution in [-0.2, 0) is 19.5 Å². The normalized spacial score (nSPS) is 21.0. The number of sulfonamides is 1. The van der Waals surface area contributed by atoms with Crippen LogP contribution in [0.15, 0.2) is 65.6 Å². The van der Waals surface area contributed by atoms with Gasteiger partial charge in [0.05, 0.1) is 29.7 Å². The third kappa shape index (κ3) is 4.58. The standard InChI is InChI=1S/C28H30N2O5S/c1-17-6-11-21(15-18(17)2)30-36(32,33)22-12-13-25-24(16-22)27-23(5-4-14-35-27)26(29-25)19-7-9-20(10-8-19)28(31)34-3/h6-13,15-16,23,26-27,29-30H,4-5,14H2,1-3H3/t23-,26?,27-/m0/s1. The van der Waals surface area contributed by atoms with Gasteiger partial charge in [-0.3, -0.25) is 4.72 Å². The molecule has 2 heterocycles. The van der Waals surface area contributed by atoms with Crippen molar-refractivity contribution in [3.8, 4) is 0 Å². The Bertz CT molecular complexity index is 1400. The van der Waals surface area contributed by atoms with Gasteiger partial charge in [0.25, 0.3) is 10.0 Å². The number of hydrogen-bond acceptors (Lipinski definition) is 6. The van der Waals surface area contributed by atoms with Crippen molar-refractivity contribution >= 4 is 27.4 Å². The molecule has 0 aliphatic carbocycles. The Balaban J connectivity index is 1.46. The lowest BCUT2D eigenvalue weighted by Gasteiger charge is -2.43. The van der Waals surface area contributed by atoms with Crippen LogP contribution in [0.4, 0.5) is 11.4 Å². The van der Waals surface area contributed by atoms with Crippen LogP contribution in [0.1, 0.15) is 57.6 Å². The first-order valence-corrected chi connectivity index (χ1v) is 13.6. The number of hydrogen-bond donors (Lipinski definition) is 2. The van der Waals surface area contributed by atoms with Gasteiger partial charge in [-0.25, -0.2) is 13.2 Å². The number of carbonyl (C=O) groups is 1. The molecule has 1 saturated heterocycles. The highest BCUT2D eigenvalue weighted by molar-refractivity contribution is 7.92. The number of aryl methyl sites for hydroxylation is 2. The molecule has 3 atom stereocenters. The van der Waals surface area contributed by atoms with Crippen molar-refractivity contribution in [2.45, 2.75) is 43.7 Å². The van der Waals surface area contributed by atoms with E-state index in [-0.39, 0.29) is 28.9 Å². The highest BCUT2D eigenvalue weighted by Gasteiger charge is 2.40. The second kappa shape index (κ2) is 9.59. The van der Waals surface area contributed by atoms with Crippen LogP contribution < -0.4 is 10.0 Å². The molecule has 1 fully saturated rings. The number of esters is 1. The van der Waals surface area contributed by atoms with E-state index in [4.69, 9.17) is 9.47 Å². The first-order chi connectivity index (χ1) is 17.3. The monoisotopic (exact) mass is 506 g/mol. The fourth-order valence-corrected chi connectivity index (χ4v) is 6.19. The Morgan fingerprint density at radius 3 is 2.53 bits per heavy atom. The summed E-state index contributed by atoms with van der Waals surface area (Å²) >= 11 is 0. The van der Waals surface area contributed by atoms with E-state index in [1.54, 1.807) is 30.3 Å². The van der Waals surface area contributed by atoms with Crippen molar-refractivity contribution in [3.63, 3.8) is 0 Å². The Morgan fingerprint density at radius 2 is 1.81 bits per heavy atom. The quantitative estimate of drug-likeness (QED) is 0.442. The minimum Gasteiger partial charge on any atom is -0.465 e. The van der Waals surface area contributed by atoms with E-state index < -0.39 is 10.0 Å². The third-order valence-electron chi connectivity index (χ3n) is 7.20. The van der Waals surface area contributed by atoms with Gasteiger partial charge in [0, 0.05) is 29.5 Å². The van der Waals surface area contributed by atoms with Gasteiger partial charge in [-0.2, -0.15) is 0 Å². The third-order valence-corrected chi connectivity index (χ3v) is 8.58. The molecule has 7 nitrogen and oxygen atoms in total. The van der Waals surface area contributed by atoms with Crippen molar-refractivity contribution in [2.24, 2.45) is 5.92 Å². The Morgan fingerprint density at radius 1 is 1.03 bits per heavy atom. The zero-order valence-electron chi connectivity index (χ0n) is 20.6. The predicted molar refractivity (Wildman–Crippen MR) is 139 cm³/mol. The van der Waals surface area contributed by atoms with Gasteiger partial charge in [-0.15, -0.1) is 0 Å². The lowest BCUT2D eigenvalue weighted by Crippen LogP contribution is -2.36. The Labute approximate surface area is 211 Å².